The lowest BCUT2D eigenvalue weighted by molar-refractivity contribution is -0.134. The Kier molecular flexibility index (Phi) is 8.18. The maximum absolute atomic E-state index is 16.1. The summed E-state index contributed by atoms with van der Waals surface area (Å²) < 4.78 is 16.1. The van der Waals surface area contributed by atoms with Crippen LogP contribution in [-0.4, -0.2) is 124 Å². The summed E-state index contributed by atoms with van der Waals surface area (Å²) in [6.07, 6.45) is 12.5. The van der Waals surface area contributed by atoms with E-state index in [1.807, 2.05) is 18.0 Å². The summed E-state index contributed by atoms with van der Waals surface area (Å²) in [5.41, 5.74) is 0.263. The minimum Gasteiger partial charge on any atom is -0.368 e. The van der Waals surface area contributed by atoms with E-state index >= 15 is 4.39 Å². The molecule has 5 fully saturated rings. The van der Waals surface area contributed by atoms with Crippen molar-refractivity contribution >= 4 is 29.4 Å². The van der Waals surface area contributed by atoms with E-state index in [1.54, 1.807) is 23.4 Å². The van der Waals surface area contributed by atoms with Gasteiger partial charge in [0.1, 0.15) is 6.17 Å². The number of amides is 1. The molecule has 2 aliphatic carbocycles. The van der Waals surface area contributed by atoms with Crippen LogP contribution >= 0.6 is 11.8 Å². The number of nitrogens with zero attached hydrogens (tertiary/aromatic N) is 6. The largest absolute Gasteiger partial charge is 0.368 e. The summed E-state index contributed by atoms with van der Waals surface area (Å²) in [5, 5.41) is 4.06. The molecule has 9 nitrogen and oxygen atoms in total. The Balaban J connectivity index is 1.10. The van der Waals surface area contributed by atoms with Gasteiger partial charge >= 0.3 is 0 Å². The van der Waals surface area contributed by atoms with Crippen molar-refractivity contribution in [2.24, 2.45) is 5.92 Å². The van der Waals surface area contributed by atoms with Crippen LogP contribution in [0.1, 0.15) is 51.4 Å². The van der Waals surface area contributed by atoms with Crippen molar-refractivity contribution < 1.29 is 14.0 Å². The van der Waals surface area contributed by atoms with Gasteiger partial charge in [-0.1, -0.05) is 12.8 Å². The summed E-state index contributed by atoms with van der Waals surface area (Å²) in [5.74, 6) is -0.160. The Morgan fingerprint density at radius 2 is 1.86 bits per heavy atom. The molecule has 6 aliphatic rings. The average molecular weight is 598 g/mol. The Morgan fingerprint density at radius 3 is 2.62 bits per heavy atom. The second-order valence-electron chi connectivity index (χ2n) is 13.1. The number of likely N-dealkylation sites (tertiary alicyclic amines) is 1. The number of thioether (sulfide) groups is 1. The standard InChI is InChI=1S/C31H44FN7O2S/c1-36-13-4-6-20(36)9-12-33-26-23(32)18-21-27-29(26)42-25-8-3-2-7-24(25)39(27)19-22(28(21)40)30(41)37-14-16-38(17-15-37)31-34-10-5-11-35-31/h5,10-11,19-21,23-27,29,33H,2-4,6-9,12-18H2,1H3. The third-order valence-electron chi connectivity index (χ3n) is 10.7. The average Bonchev–Trinajstić information content (AvgIpc) is 3.44. The number of hydrogen-bond acceptors (Lipinski definition) is 9. The summed E-state index contributed by atoms with van der Waals surface area (Å²) in [6, 6.07) is 2.35. The molecule has 8 unspecified atom stereocenters. The van der Waals surface area contributed by atoms with Crippen molar-refractivity contribution in [1.29, 1.82) is 0 Å². The Bertz CT molecular complexity index is 1180. The number of halogens is 1. The number of carbonyl (C=O) groups is 2. The molecule has 11 heteroatoms. The van der Waals surface area contributed by atoms with E-state index in [1.165, 1.54) is 19.3 Å². The fraction of sp³-hybridized carbons (Fsp3) is 0.742. The van der Waals surface area contributed by atoms with Crippen LogP contribution in [0.2, 0.25) is 0 Å². The van der Waals surface area contributed by atoms with E-state index in [0.29, 0.717) is 49.5 Å². The monoisotopic (exact) mass is 597 g/mol. The number of nitrogens with one attached hydrogen (secondary N) is 1. The molecule has 0 spiro atoms. The van der Waals surface area contributed by atoms with Crippen LogP contribution in [0.4, 0.5) is 10.3 Å². The lowest BCUT2D eigenvalue weighted by Crippen LogP contribution is -2.70. The van der Waals surface area contributed by atoms with Gasteiger partial charge in [-0.3, -0.25) is 9.59 Å². The second kappa shape index (κ2) is 12.0. The highest BCUT2D eigenvalue weighted by molar-refractivity contribution is 8.00. The van der Waals surface area contributed by atoms with Gasteiger partial charge in [0, 0.05) is 73.3 Å². The molecular formula is C31H44FN7O2S. The van der Waals surface area contributed by atoms with Crippen molar-refractivity contribution in [3.05, 3.63) is 30.2 Å². The van der Waals surface area contributed by atoms with Crippen LogP contribution in [-0.2, 0) is 9.59 Å². The van der Waals surface area contributed by atoms with Gasteiger partial charge in [0.2, 0.25) is 5.95 Å². The number of anilines is 1. The normalized spacial score (nSPS) is 36.9. The van der Waals surface area contributed by atoms with Gasteiger partial charge in [-0.25, -0.2) is 14.4 Å². The highest BCUT2D eigenvalue weighted by Gasteiger charge is 2.58. The molecule has 1 aromatic heterocycles. The lowest BCUT2D eigenvalue weighted by atomic mass is 9.72. The number of carbonyl (C=O) groups excluding carboxylic acids is 2. The Labute approximate surface area is 252 Å². The molecule has 7 rings (SSSR count). The molecule has 2 saturated carbocycles. The van der Waals surface area contributed by atoms with Crippen LogP contribution in [0.25, 0.3) is 0 Å². The highest BCUT2D eigenvalue weighted by atomic mass is 32.2. The molecule has 0 aromatic carbocycles. The van der Waals surface area contributed by atoms with Gasteiger partial charge in [0.15, 0.2) is 5.78 Å². The summed E-state index contributed by atoms with van der Waals surface area (Å²) in [7, 11) is 2.19. The second-order valence-corrected chi connectivity index (χ2v) is 14.5. The van der Waals surface area contributed by atoms with Crippen molar-refractivity contribution in [3.63, 3.8) is 0 Å². The van der Waals surface area contributed by atoms with Gasteiger partial charge in [-0.15, -0.1) is 11.8 Å². The van der Waals surface area contributed by atoms with Gasteiger partial charge in [0.05, 0.1) is 17.7 Å². The minimum atomic E-state index is -1.10. The van der Waals surface area contributed by atoms with Crippen LogP contribution < -0.4 is 10.2 Å². The topological polar surface area (TPSA) is 84.9 Å². The van der Waals surface area contributed by atoms with Gasteiger partial charge < -0.3 is 24.9 Å². The van der Waals surface area contributed by atoms with Crippen LogP contribution in [0.5, 0.6) is 0 Å². The predicted molar refractivity (Wildman–Crippen MR) is 162 cm³/mol. The van der Waals surface area contributed by atoms with Crippen molar-refractivity contribution in [2.75, 3.05) is 51.2 Å². The van der Waals surface area contributed by atoms with E-state index < -0.39 is 12.1 Å². The molecule has 8 atom stereocenters. The van der Waals surface area contributed by atoms with E-state index in [9.17, 15) is 9.59 Å². The quantitative estimate of drug-likeness (QED) is 0.498. The van der Waals surface area contributed by atoms with Crippen molar-refractivity contribution in [2.45, 2.75) is 92.2 Å². The number of alkyl halides is 1. The van der Waals surface area contributed by atoms with Gasteiger partial charge in [-0.05, 0) is 64.7 Å². The minimum absolute atomic E-state index is 0.00526. The first-order valence-electron chi connectivity index (χ1n) is 16.1. The molecule has 1 aromatic rings. The smallest absolute Gasteiger partial charge is 0.259 e. The van der Waals surface area contributed by atoms with Gasteiger partial charge in [0.25, 0.3) is 5.91 Å². The number of Topliss-reactive ketones (excluding diaryl/α,β-unsaturated/α-hetero) is 1. The number of rotatable bonds is 6. The van der Waals surface area contributed by atoms with E-state index in [-0.39, 0.29) is 41.0 Å². The third-order valence-corrected chi connectivity index (χ3v) is 12.5. The summed E-state index contributed by atoms with van der Waals surface area (Å²) >= 11 is 1.94. The molecular weight excluding hydrogens is 553 g/mol. The van der Waals surface area contributed by atoms with Crippen LogP contribution in [0.3, 0.4) is 0 Å². The molecule has 3 saturated heterocycles. The van der Waals surface area contributed by atoms with Crippen molar-refractivity contribution in [1.82, 2.24) is 30.0 Å². The first kappa shape index (κ1) is 28.5. The molecule has 0 bridgehead atoms. The molecule has 228 valence electrons. The summed E-state index contributed by atoms with van der Waals surface area (Å²) in [4.78, 5) is 45.3. The SMILES string of the molecule is CN1CCCC1CCNC1C(F)CC2C(=O)C(C(=O)N3CCN(c4ncccn4)CC3)=CN3C4CCCCC4SC1C23. The molecule has 42 heavy (non-hydrogen) atoms. The van der Waals surface area contributed by atoms with Gasteiger partial charge in [-0.2, -0.15) is 0 Å². The first-order valence-corrected chi connectivity index (χ1v) is 17.0. The zero-order valence-electron chi connectivity index (χ0n) is 24.6. The first-order chi connectivity index (χ1) is 20.5. The Morgan fingerprint density at radius 1 is 1.07 bits per heavy atom. The number of piperazine rings is 1. The summed E-state index contributed by atoms with van der Waals surface area (Å²) in [6.45, 7) is 4.20. The maximum atomic E-state index is 16.1. The molecule has 0 radical (unpaired) electrons. The van der Waals surface area contributed by atoms with E-state index in [4.69, 9.17) is 0 Å². The van der Waals surface area contributed by atoms with Crippen LogP contribution in [0, 0.1) is 5.92 Å². The Hall–Kier alpha value is -2.24. The predicted octanol–water partition coefficient (Wildman–Crippen LogP) is 2.49. The lowest BCUT2D eigenvalue weighted by Gasteiger charge is -2.59. The van der Waals surface area contributed by atoms with E-state index in [0.717, 1.165) is 38.8 Å². The zero-order chi connectivity index (χ0) is 28.8. The van der Waals surface area contributed by atoms with E-state index in [2.05, 4.69) is 37.0 Å². The third kappa shape index (κ3) is 5.23. The van der Waals surface area contributed by atoms with Crippen LogP contribution in [0.15, 0.2) is 30.2 Å². The number of aromatic nitrogens is 2. The maximum Gasteiger partial charge on any atom is 0.259 e. The molecule has 4 aliphatic heterocycles. The fourth-order valence-corrected chi connectivity index (χ4v) is 10.6. The number of hydrogen-bond donors (Lipinski definition) is 1. The number of ketones is 1. The zero-order valence-corrected chi connectivity index (χ0v) is 25.4. The highest BCUT2D eigenvalue weighted by Crippen LogP contribution is 2.51. The fourth-order valence-electron chi connectivity index (χ4n) is 8.47. The molecule has 1 N–H and O–H groups in total. The number of fused-ring (bicyclic) bond motifs is 2. The molecule has 1 amide bonds. The molecule has 5 heterocycles. The van der Waals surface area contributed by atoms with Crippen molar-refractivity contribution in [3.8, 4) is 0 Å².